The molecule has 0 aliphatic rings. The quantitative estimate of drug-likeness (QED) is 0.563. The molecule has 0 aromatic heterocycles. The number of aliphatic hydroxyl groups is 1. The maximum Gasteiger partial charge on any atom is 0.313 e. The lowest BCUT2D eigenvalue weighted by Crippen LogP contribution is -2.11. The second-order valence-corrected chi connectivity index (χ2v) is 3.54. The van der Waals surface area contributed by atoms with Crippen molar-refractivity contribution >= 4 is 17.7 Å². The summed E-state index contributed by atoms with van der Waals surface area (Å²) in [6, 6.07) is 0. The Morgan fingerprint density at radius 2 is 1.50 bits per heavy atom. The average molecular weight is 262 g/mol. The second kappa shape index (κ2) is 12.0. The Morgan fingerprint density at radius 3 is 1.83 bits per heavy atom. The van der Waals surface area contributed by atoms with E-state index < -0.39 is 12.1 Å². The van der Waals surface area contributed by atoms with E-state index in [2.05, 4.69) is 9.47 Å². The van der Waals surface area contributed by atoms with Crippen molar-refractivity contribution in [1.82, 2.24) is 0 Å². The summed E-state index contributed by atoms with van der Waals surface area (Å²) in [7, 11) is 0. The molecule has 6 nitrogen and oxygen atoms in total. The zero-order chi connectivity index (χ0) is 14.6. The van der Waals surface area contributed by atoms with Crippen molar-refractivity contribution in [1.29, 1.82) is 0 Å². The van der Waals surface area contributed by atoms with Crippen LogP contribution in [0, 0.1) is 0 Å². The fourth-order valence-corrected chi connectivity index (χ4v) is 0.876. The van der Waals surface area contributed by atoms with Gasteiger partial charge in [-0.05, 0) is 27.7 Å². The molecule has 0 spiro atoms. The first kappa shape index (κ1) is 18.9. The molecular formula is C12H22O6. The van der Waals surface area contributed by atoms with Crippen molar-refractivity contribution in [2.75, 3.05) is 13.2 Å². The van der Waals surface area contributed by atoms with Gasteiger partial charge >= 0.3 is 11.9 Å². The van der Waals surface area contributed by atoms with Crippen molar-refractivity contribution in [2.24, 2.45) is 0 Å². The Labute approximate surface area is 107 Å². The molecule has 0 fully saturated rings. The molecule has 6 heteroatoms. The maximum absolute atomic E-state index is 10.5. The van der Waals surface area contributed by atoms with E-state index in [0.29, 0.717) is 13.2 Å². The fourth-order valence-electron chi connectivity index (χ4n) is 0.876. The summed E-state index contributed by atoms with van der Waals surface area (Å²) >= 11 is 0. The molecule has 0 aliphatic carbocycles. The lowest BCUT2D eigenvalue weighted by Gasteiger charge is -2.01. The molecule has 0 saturated heterocycles. The zero-order valence-corrected chi connectivity index (χ0v) is 11.4. The molecule has 1 N–H and O–H groups in total. The van der Waals surface area contributed by atoms with Gasteiger partial charge in [0.1, 0.15) is 12.2 Å². The molecule has 1 unspecified atom stereocenters. The van der Waals surface area contributed by atoms with E-state index in [1.165, 1.54) is 6.92 Å². The second-order valence-electron chi connectivity index (χ2n) is 3.54. The van der Waals surface area contributed by atoms with E-state index in [-0.39, 0.29) is 24.6 Å². The van der Waals surface area contributed by atoms with Crippen LogP contribution in [0.15, 0.2) is 0 Å². The monoisotopic (exact) mass is 262 g/mol. The van der Waals surface area contributed by atoms with E-state index in [1.807, 2.05) is 0 Å². The predicted molar refractivity (Wildman–Crippen MR) is 64.9 cm³/mol. The first-order chi connectivity index (χ1) is 8.33. The highest BCUT2D eigenvalue weighted by molar-refractivity contribution is 5.94. The van der Waals surface area contributed by atoms with E-state index in [4.69, 9.17) is 5.11 Å². The fraction of sp³-hybridized carbons (Fsp3) is 0.750. The van der Waals surface area contributed by atoms with Crippen LogP contribution in [0.5, 0.6) is 0 Å². The number of rotatable bonds is 6. The summed E-state index contributed by atoms with van der Waals surface area (Å²) in [6.45, 7) is 7.07. The molecule has 0 heterocycles. The van der Waals surface area contributed by atoms with Crippen LogP contribution in [0.1, 0.15) is 40.5 Å². The molecule has 0 aromatic rings. The molecule has 106 valence electrons. The van der Waals surface area contributed by atoms with Crippen LogP contribution >= 0.6 is 0 Å². The Morgan fingerprint density at radius 1 is 1.06 bits per heavy atom. The molecule has 0 aromatic carbocycles. The van der Waals surface area contributed by atoms with Gasteiger partial charge in [0.25, 0.3) is 0 Å². The van der Waals surface area contributed by atoms with E-state index in [9.17, 15) is 14.4 Å². The smallest absolute Gasteiger partial charge is 0.313 e. The van der Waals surface area contributed by atoms with Crippen molar-refractivity contribution in [3.05, 3.63) is 0 Å². The molecule has 0 rings (SSSR count). The lowest BCUT2D eigenvalue weighted by molar-refractivity contribution is -0.146. The zero-order valence-electron chi connectivity index (χ0n) is 11.4. The third-order valence-corrected chi connectivity index (χ3v) is 1.47. The first-order valence-corrected chi connectivity index (χ1v) is 5.82. The maximum atomic E-state index is 10.5. The topological polar surface area (TPSA) is 89.9 Å². The van der Waals surface area contributed by atoms with E-state index in [0.717, 1.165) is 0 Å². The molecule has 0 radical (unpaired) electrons. The van der Waals surface area contributed by atoms with Gasteiger partial charge in [-0.1, -0.05) is 0 Å². The highest BCUT2D eigenvalue weighted by atomic mass is 16.5. The largest absolute Gasteiger partial charge is 0.466 e. The summed E-state index contributed by atoms with van der Waals surface area (Å²) in [5.41, 5.74) is 0. The number of esters is 2. The Kier molecular flexibility index (Phi) is 12.7. The van der Waals surface area contributed by atoms with Crippen molar-refractivity contribution in [2.45, 2.75) is 46.6 Å². The van der Waals surface area contributed by atoms with Crippen LogP contribution in [0.4, 0.5) is 0 Å². The van der Waals surface area contributed by atoms with Gasteiger partial charge in [0.05, 0.1) is 25.7 Å². The number of hydrogen-bond donors (Lipinski definition) is 1. The van der Waals surface area contributed by atoms with Gasteiger partial charge in [0.2, 0.25) is 0 Å². The predicted octanol–water partition coefficient (Wildman–Crippen LogP) is 0.849. The molecular weight excluding hydrogens is 240 g/mol. The summed E-state index contributed by atoms with van der Waals surface area (Å²) in [4.78, 5) is 31.1. The van der Waals surface area contributed by atoms with Crippen LogP contribution in [-0.4, -0.2) is 42.1 Å². The standard InChI is InChI=1S/C6H12O3.C6H10O3/c2*1-3-9-6(8)4-5(2)7/h5,7H,3-4H2,1-2H3;3-4H2,1-2H3. The van der Waals surface area contributed by atoms with Crippen LogP contribution in [0.2, 0.25) is 0 Å². The van der Waals surface area contributed by atoms with Crippen LogP contribution in [0.3, 0.4) is 0 Å². The summed E-state index contributed by atoms with van der Waals surface area (Å²) in [5.74, 6) is -0.939. The van der Waals surface area contributed by atoms with E-state index in [1.54, 1.807) is 20.8 Å². The summed E-state index contributed by atoms with van der Waals surface area (Å²) in [5, 5.41) is 8.65. The minimum absolute atomic E-state index is 0.0911. The van der Waals surface area contributed by atoms with Gasteiger partial charge in [0, 0.05) is 0 Å². The first-order valence-electron chi connectivity index (χ1n) is 5.82. The van der Waals surface area contributed by atoms with Crippen molar-refractivity contribution < 1.29 is 29.0 Å². The summed E-state index contributed by atoms with van der Waals surface area (Å²) < 4.78 is 9.05. The van der Waals surface area contributed by atoms with Crippen LogP contribution in [-0.2, 0) is 23.9 Å². The summed E-state index contributed by atoms with van der Waals surface area (Å²) in [6.07, 6.45) is -0.606. The number of ketones is 1. The molecule has 0 saturated carbocycles. The van der Waals surface area contributed by atoms with Gasteiger partial charge in [-0.25, -0.2) is 0 Å². The number of carbonyl (C=O) groups excluding carboxylic acids is 3. The van der Waals surface area contributed by atoms with Crippen molar-refractivity contribution in [3.8, 4) is 0 Å². The molecule has 18 heavy (non-hydrogen) atoms. The van der Waals surface area contributed by atoms with Gasteiger partial charge in [-0.15, -0.1) is 0 Å². The minimum atomic E-state index is -0.593. The van der Waals surface area contributed by atoms with Gasteiger partial charge < -0.3 is 14.6 Å². The third kappa shape index (κ3) is 17.0. The Hall–Kier alpha value is -1.43. The lowest BCUT2D eigenvalue weighted by atomic mass is 10.3. The number of Topliss-reactive ketones (excluding diaryl/α,β-unsaturated/α-hetero) is 1. The van der Waals surface area contributed by atoms with Crippen LogP contribution in [0.25, 0.3) is 0 Å². The highest BCUT2D eigenvalue weighted by Crippen LogP contribution is 1.91. The Bertz CT molecular complexity index is 259. The van der Waals surface area contributed by atoms with E-state index >= 15 is 0 Å². The minimum Gasteiger partial charge on any atom is -0.466 e. The average Bonchev–Trinajstić information content (AvgIpc) is 2.16. The van der Waals surface area contributed by atoms with Crippen molar-refractivity contribution in [3.63, 3.8) is 0 Å². The molecule has 1 atom stereocenters. The number of hydrogen-bond acceptors (Lipinski definition) is 6. The Balaban J connectivity index is 0. The van der Waals surface area contributed by atoms with Gasteiger partial charge in [-0.2, -0.15) is 0 Å². The molecule has 0 aliphatic heterocycles. The molecule has 0 amide bonds. The highest BCUT2D eigenvalue weighted by Gasteiger charge is 2.04. The van der Waals surface area contributed by atoms with Gasteiger partial charge in [-0.3, -0.25) is 14.4 Å². The normalized spacial score (nSPS) is 10.7. The number of ether oxygens (including phenoxy) is 2. The van der Waals surface area contributed by atoms with Gasteiger partial charge in [0.15, 0.2) is 0 Å². The third-order valence-electron chi connectivity index (χ3n) is 1.47. The molecule has 0 bridgehead atoms. The van der Waals surface area contributed by atoms with Crippen LogP contribution < -0.4 is 0 Å². The number of carbonyl (C=O) groups is 3. The SMILES string of the molecule is CCOC(=O)CC(C)=O.CCOC(=O)CC(C)O. The number of aliphatic hydroxyl groups excluding tert-OH is 1.